The third-order valence-corrected chi connectivity index (χ3v) is 12.9. The highest BCUT2D eigenvalue weighted by molar-refractivity contribution is 7.92. The van der Waals surface area contributed by atoms with Crippen molar-refractivity contribution in [1.29, 1.82) is 0 Å². The maximum Gasteiger partial charge on any atom is 0.236 e. The lowest BCUT2D eigenvalue weighted by Gasteiger charge is -2.63. The van der Waals surface area contributed by atoms with E-state index in [0.29, 0.717) is 38.0 Å². The Morgan fingerprint density at radius 1 is 1.02 bits per heavy atom. The van der Waals surface area contributed by atoms with E-state index in [1.165, 1.54) is 0 Å². The van der Waals surface area contributed by atoms with Gasteiger partial charge in [0, 0.05) is 31.1 Å². The van der Waals surface area contributed by atoms with E-state index in [1.54, 1.807) is 16.1 Å². The van der Waals surface area contributed by atoms with Crippen molar-refractivity contribution < 1.29 is 22.7 Å². The van der Waals surface area contributed by atoms with Crippen LogP contribution in [0.2, 0.25) is 0 Å². The van der Waals surface area contributed by atoms with Gasteiger partial charge in [-0.15, -0.1) is 0 Å². The second kappa shape index (κ2) is 7.90. The smallest absolute Gasteiger partial charge is 0.236 e. The molecule has 216 valence electrons. The normalized spacial score (nSPS) is 36.9. The van der Waals surface area contributed by atoms with Gasteiger partial charge in [-0.1, -0.05) is 37.3 Å². The standard InChI is InChI=1S/C31H36N4O5S/c1-5-17-41(38,39)35-22-11-7-6-10-21(22)30-13-15-32(19(2)37)27(30)33-16-14-31(30)24-20(25(33)26-29(3,4)40-26)9-8-12-23(24)34(18-36)28(31)35/h6-12,18,25-28H,5,13-17H2,1-4H3/t25-,26+,27+,28-,30-,31-/m0/s1. The minimum atomic E-state index is -3.80. The number of ether oxygens (including phenoxy) is 1. The third kappa shape index (κ3) is 2.78. The summed E-state index contributed by atoms with van der Waals surface area (Å²) < 4.78 is 36.5. The molecule has 6 heterocycles. The predicted octanol–water partition coefficient (Wildman–Crippen LogP) is 3.24. The summed E-state index contributed by atoms with van der Waals surface area (Å²) in [4.78, 5) is 32.7. The molecule has 41 heavy (non-hydrogen) atoms. The van der Waals surface area contributed by atoms with Crippen molar-refractivity contribution >= 4 is 33.7 Å². The van der Waals surface area contributed by atoms with Gasteiger partial charge in [-0.05, 0) is 61.9 Å². The first-order chi connectivity index (χ1) is 19.6. The zero-order chi connectivity index (χ0) is 28.7. The maximum atomic E-state index is 14.3. The molecule has 1 unspecified atom stereocenters. The van der Waals surface area contributed by atoms with Crippen LogP contribution in [0.15, 0.2) is 42.5 Å². The number of benzene rings is 2. The van der Waals surface area contributed by atoms with Gasteiger partial charge in [0.05, 0.1) is 34.7 Å². The Hall–Kier alpha value is -2.95. The van der Waals surface area contributed by atoms with Gasteiger partial charge in [0.15, 0.2) is 0 Å². The molecule has 6 aliphatic rings. The Balaban J connectivity index is 1.54. The highest BCUT2D eigenvalue weighted by Gasteiger charge is 2.79. The van der Waals surface area contributed by atoms with Crippen LogP contribution in [0.4, 0.5) is 11.4 Å². The first-order valence-corrected chi connectivity index (χ1v) is 16.4. The number of anilines is 2. The Morgan fingerprint density at radius 2 is 1.73 bits per heavy atom. The van der Waals surface area contributed by atoms with E-state index >= 15 is 0 Å². The van der Waals surface area contributed by atoms with Crippen LogP contribution in [0.3, 0.4) is 0 Å². The lowest BCUT2D eigenvalue weighted by atomic mass is 9.50. The zero-order valence-electron chi connectivity index (χ0n) is 23.9. The van der Waals surface area contributed by atoms with Crippen LogP contribution in [0, 0.1) is 0 Å². The number of epoxide rings is 1. The molecule has 0 aromatic heterocycles. The van der Waals surface area contributed by atoms with Crippen molar-refractivity contribution in [3.8, 4) is 0 Å². The first kappa shape index (κ1) is 25.7. The van der Waals surface area contributed by atoms with E-state index < -0.39 is 27.0 Å². The van der Waals surface area contributed by atoms with Gasteiger partial charge in [-0.2, -0.15) is 0 Å². The molecule has 9 nitrogen and oxygen atoms in total. The number of likely N-dealkylation sites (tertiary alicyclic amines) is 1. The van der Waals surface area contributed by atoms with E-state index in [9.17, 15) is 18.0 Å². The van der Waals surface area contributed by atoms with Gasteiger partial charge in [0.2, 0.25) is 22.3 Å². The average molecular weight is 577 g/mol. The summed E-state index contributed by atoms with van der Waals surface area (Å²) in [7, 11) is -3.80. The van der Waals surface area contributed by atoms with E-state index in [-0.39, 0.29) is 35.6 Å². The Morgan fingerprint density at radius 3 is 2.41 bits per heavy atom. The molecule has 2 spiro atoms. The maximum absolute atomic E-state index is 14.3. The van der Waals surface area contributed by atoms with Gasteiger partial charge in [-0.25, -0.2) is 12.7 Å². The van der Waals surface area contributed by atoms with Crippen LogP contribution in [-0.4, -0.2) is 73.4 Å². The van der Waals surface area contributed by atoms with Crippen LogP contribution in [-0.2, 0) is 35.2 Å². The fourth-order valence-electron chi connectivity index (χ4n) is 9.74. The summed E-state index contributed by atoms with van der Waals surface area (Å²) in [5, 5.41) is 0. The molecule has 0 radical (unpaired) electrons. The Labute approximate surface area is 241 Å². The number of hydrogen-bond donors (Lipinski definition) is 0. The van der Waals surface area contributed by atoms with Gasteiger partial charge < -0.3 is 9.64 Å². The molecular weight excluding hydrogens is 540 g/mol. The number of rotatable bonds is 5. The molecule has 10 heteroatoms. The number of fused-ring (bicyclic) bond motifs is 1. The molecule has 2 amide bonds. The van der Waals surface area contributed by atoms with Crippen molar-refractivity contribution in [2.45, 2.75) is 87.9 Å². The second-order valence-corrected chi connectivity index (χ2v) is 15.1. The number of carbonyl (C=O) groups excluding carboxylic acids is 2. The Bertz CT molecular complexity index is 1630. The van der Waals surface area contributed by atoms with Crippen LogP contribution in [0.5, 0.6) is 0 Å². The second-order valence-electron chi connectivity index (χ2n) is 13.1. The SMILES string of the molecule is CCCS(=O)(=O)N1c2ccccc2[C@@]23CCN(C(C)=O)[C@@H]2N2CC[C@@]34c3c(cccc3N(C=O)[C@@H]14)[C@H]2[C@H]1OC1(C)C. The molecule has 0 saturated carbocycles. The van der Waals surface area contributed by atoms with Crippen LogP contribution in [0.1, 0.15) is 69.7 Å². The highest BCUT2D eigenvalue weighted by atomic mass is 32.2. The molecule has 2 bridgehead atoms. The third-order valence-electron chi connectivity index (χ3n) is 11.0. The number of hydrogen-bond acceptors (Lipinski definition) is 6. The van der Waals surface area contributed by atoms with Crippen LogP contribution >= 0.6 is 0 Å². The van der Waals surface area contributed by atoms with Crippen molar-refractivity contribution in [2.75, 3.05) is 28.0 Å². The van der Waals surface area contributed by atoms with Gasteiger partial charge >= 0.3 is 0 Å². The van der Waals surface area contributed by atoms with Crippen molar-refractivity contribution in [1.82, 2.24) is 9.80 Å². The topological polar surface area (TPSA) is 93.8 Å². The van der Waals surface area contributed by atoms with Crippen molar-refractivity contribution in [2.24, 2.45) is 0 Å². The molecule has 6 aliphatic heterocycles. The number of piperidine rings is 1. The molecule has 2 aromatic carbocycles. The molecular formula is C31H36N4O5S. The molecule has 0 N–H and O–H groups in total. The lowest BCUT2D eigenvalue weighted by molar-refractivity contribution is -0.140. The summed E-state index contributed by atoms with van der Waals surface area (Å²) in [5.74, 6) is -0.00583. The molecule has 7 atom stereocenters. The molecule has 2 aromatic rings. The molecule has 3 fully saturated rings. The Kier molecular flexibility index (Phi) is 4.96. The number of carbonyl (C=O) groups is 2. The van der Waals surface area contributed by atoms with Crippen molar-refractivity contribution in [3.05, 3.63) is 59.2 Å². The van der Waals surface area contributed by atoms with E-state index in [0.717, 1.165) is 28.8 Å². The average Bonchev–Trinajstić information content (AvgIpc) is 3.30. The number of para-hydroxylation sites is 1. The number of sulfonamides is 1. The lowest BCUT2D eigenvalue weighted by Crippen LogP contribution is -2.75. The minimum Gasteiger partial charge on any atom is -0.365 e. The number of nitrogens with zero attached hydrogens (tertiary/aromatic N) is 4. The van der Waals surface area contributed by atoms with Crippen LogP contribution < -0.4 is 9.21 Å². The summed E-state index contributed by atoms with van der Waals surface area (Å²) in [6.45, 7) is 8.95. The van der Waals surface area contributed by atoms with Gasteiger partial charge in [-0.3, -0.25) is 19.4 Å². The molecule has 3 saturated heterocycles. The van der Waals surface area contributed by atoms with E-state index in [4.69, 9.17) is 4.74 Å². The van der Waals surface area contributed by atoms with E-state index in [1.807, 2.05) is 42.2 Å². The predicted molar refractivity (Wildman–Crippen MR) is 154 cm³/mol. The summed E-state index contributed by atoms with van der Waals surface area (Å²) in [5.41, 5.74) is 2.83. The quantitative estimate of drug-likeness (QED) is 0.401. The number of amides is 2. The summed E-state index contributed by atoms with van der Waals surface area (Å²) in [6.07, 6.45) is 1.50. The zero-order valence-corrected chi connectivity index (χ0v) is 24.7. The van der Waals surface area contributed by atoms with E-state index in [2.05, 4.69) is 30.9 Å². The fraction of sp³-hybridized carbons (Fsp3) is 0.548. The monoisotopic (exact) mass is 576 g/mol. The van der Waals surface area contributed by atoms with Crippen LogP contribution in [0.25, 0.3) is 0 Å². The highest BCUT2D eigenvalue weighted by Crippen LogP contribution is 2.73. The largest absolute Gasteiger partial charge is 0.365 e. The van der Waals surface area contributed by atoms with Gasteiger partial charge in [0.1, 0.15) is 12.3 Å². The first-order valence-electron chi connectivity index (χ1n) is 14.8. The van der Waals surface area contributed by atoms with Crippen molar-refractivity contribution in [3.63, 3.8) is 0 Å². The summed E-state index contributed by atoms with van der Waals surface area (Å²) >= 11 is 0. The molecule has 8 rings (SSSR count). The molecule has 0 aliphatic carbocycles. The van der Waals surface area contributed by atoms with Gasteiger partial charge in [0.25, 0.3) is 0 Å². The summed E-state index contributed by atoms with van der Waals surface area (Å²) in [6, 6.07) is 13.8. The minimum absolute atomic E-state index is 0.00938. The fourth-order valence-corrected chi connectivity index (χ4v) is 11.5.